The maximum absolute atomic E-state index is 12.3. The van der Waals surface area contributed by atoms with Crippen molar-refractivity contribution in [3.05, 3.63) is 54.1 Å². The van der Waals surface area contributed by atoms with E-state index >= 15 is 0 Å². The molecule has 2 aliphatic heterocycles. The lowest BCUT2D eigenvalue weighted by molar-refractivity contribution is -0.123. The van der Waals surface area contributed by atoms with Gasteiger partial charge in [0.05, 0.1) is 6.04 Å². The van der Waals surface area contributed by atoms with E-state index in [4.69, 9.17) is 14.2 Å². The molecule has 0 aromatic heterocycles. The number of ether oxygens (including phenoxy) is 3. The molecule has 0 bridgehead atoms. The standard InChI is InChI=1S/C22H26N2O4/c25-22(15-26-18-7-3-1-4-8-18)23-14-19(24-11-5-2-6-12-24)17-9-10-20-21(13-17)28-16-27-20/h1,3-4,7-10,13,19H,2,5-6,11-12,14-16H2,(H,23,25). The van der Waals surface area contributed by atoms with Crippen molar-refractivity contribution in [3.63, 3.8) is 0 Å². The third-order valence-corrected chi connectivity index (χ3v) is 5.22. The normalized spacial score (nSPS) is 17.1. The number of carbonyl (C=O) groups excluding carboxylic acids is 1. The molecule has 2 aliphatic rings. The molecule has 2 heterocycles. The lowest BCUT2D eigenvalue weighted by Gasteiger charge is -2.35. The third-order valence-electron chi connectivity index (χ3n) is 5.22. The Hall–Kier alpha value is -2.73. The van der Waals surface area contributed by atoms with E-state index in [-0.39, 0.29) is 25.3 Å². The minimum absolute atomic E-state index is 0.0118. The van der Waals surface area contributed by atoms with Gasteiger partial charge >= 0.3 is 0 Å². The minimum atomic E-state index is -0.119. The Balaban J connectivity index is 1.40. The van der Waals surface area contributed by atoms with E-state index in [1.807, 2.05) is 42.5 Å². The second-order valence-corrected chi connectivity index (χ2v) is 7.13. The molecule has 1 amide bonds. The zero-order valence-electron chi connectivity index (χ0n) is 15.9. The third kappa shape index (κ3) is 4.57. The SMILES string of the molecule is O=C(COc1ccccc1)NCC(c1ccc2c(c1)OCO2)N1CCCCC1. The number of likely N-dealkylation sites (tertiary alicyclic amines) is 1. The second kappa shape index (κ2) is 8.97. The molecule has 0 saturated carbocycles. The number of amides is 1. The Morgan fingerprint density at radius 3 is 2.64 bits per heavy atom. The number of hydrogen-bond acceptors (Lipinski definition) is 5. The topological polar surface area (TPSA) is 60.0 Å². The van der Waals surface area contributed by atoms with E-state index in [1.165, 1.54) is 19.3 Å². The summed E-state index contributed by atoms with van der Waals surface area (Å²) in [6.45, 7) is 2.89. The van der Waals surface area contributed by atoms with Gasteiger partial charge in [-0.1, -0.05) is 30.7 Å². The highest BCUT2D eigenvalue weighted by Crippen LogP contribution is 2.36. The van der Waals surface area contributed by atoms with Crippen molar-refractivity contribution in [2.75, 3.05) is 33.0 Å². The van der Waals surface area contributed by atoms with Crippen LogP contribution in [0.5, 0.6) is 17.2 Å². The fourth-order valence-electron chi connectivity index (χ4n) is 3.74. The van der Waals surface area contributed by atoms with Crippen LogP contribution in [0.2, 0.25) is 0 Å². The highest BCUT2D eigenvalue weighted by molar-refractivity contribution is 5.77. The summed E-state index contributed by atoms with van der Waals surface area (Å²) >= 11 is 0. The molecule has 4 rings (SSSR count). The quantitative estimate of drug-likeness (QED) is 0.797. The number of para-hydroxylation sites is 1. The summed E-state index contributed by atoms with van der Waals surface area (Å²) < 4.78 is 16.5. The summed E-state index contributed by atoms with van der Waals surface area (Å²) in [5, 5.41) is 3.04. The largest absolute Gasteiger partial charge is 0.484 e. The Morgan fingerprint density at radius 2 is 1.82 bits per heavy atom. The maximum atomic E-state index is 12.3. The highest BCUT2D eigenvalue weighted by atomic mass is 16.7. The van der Waals surface area contributed by atoms with E-state index in [0.717, 1.165) is 30.2 Å². The van der Waals surface area contributed by atoms with Crippen molar-refractivity contribution in [2.24, 2.45) is 0 Å². The number of nitrogens with zero attached hydrogens (tertiary/aromatic N) is 1. The second-order valence-electron chi connectivity index (χ2n) is 7.13. The first-order valence-electron chi connectivity index (χ1n) is 9.88. The molecule has 1 unspecified atom stereocenters. The number of carbonyl (C=O) groups is 1. The molecule has 0 spiro atoms. The molecule has 0 radical (unpaired) electrons. The van der Waals surface area contributed by atoms with E-state index in [2.05, 4.69) is 16.3 Å². The number of rotatable bonds is 7. The lowest BCUT2D eigenvalue weighted by Crippen LogP contribution is -2.41. The van der Waals surface area contributed by atoms with Crippen molar-refractivity contribution >= 4 is 5.91 Å². The van der Waals surface area contributed by atoms with Gasteiger partial charge in [0.2, 0.25) is 6.79 Å². The molecule has 0 aliphatic carbocycles. The highest BCUT2D eigenvalue weighted by Gasteiger charge is 2.25. The number of piperidine rings is 1. The Bertz CT molecular complexity index is 790. The summed E-state index contributed by atoms with van der Waals surface area (Å²) in [4.78, 5) is 14.8. The molecule has 1 N–H and O–H groups in total. The monoisotopic (exact) mass is 382 g/mol. The van der Waals surface area contributed by atoms with Crippen molar-refractivity contribution in [1.29, 1.82) is 0 Å². The molecule has 2 aromatic carbocycles. The average molecular weight is 382 g/mol. The minimum Gasteiger partial charge on any atom is -0.484 e. The fraction of sp³-hybridized carbons (Fsp3) is 0.409. The van der Waals surface area contributed by atoms with Crippen molar-refractivity contribution in [2.45, 2.75) is 25.3 Å². The first kappa shape index (κ1) is 18.6. The Morgan fingerprint density at radius 1 is 1.04 bits per heavy atom. The number of nitrogens with one attached hydrogen (secondary N) is 1. The van der Waals surface area contributed by atoms with Crippen molar-refractivity contribution in [3.8, 4) is 17.2 Å². The van der Waals surface area contributed by atoms with Gasteiger partial charge in [0.15, 0.2) is 18.1 Å². The molecule has 6 nitrogen and oxygen atoms in total. The molecule has 1 fully saturated rings. The summed E-state index contributed by atoms with van der Waals surface area (Å²) in [5.41, 5.74) is 1.13. The molecule has 148 valence electrons. The molecular weight excluding hydrogens is 356 g/mol. The van der Waals surface area contributed by atoms with E-state index in [9.17, 15) is 4.79 Å². The maximum Gasteiger partial charge on any atom is 0.258 e. The summed E-state index contributed by atoms with van der Waals surface area (Å²) in [7, 11) is 0. The smallest absolute Gasteiger partial charge is 0.258 e. The molecule has 2 aromatic rings. The van der Waals surface area contributed by atoms with Crippen LogP contribution < -0.4 is 19.5 Å². The summed E-state index contributed by atoms with van der Waals surface area (Å²) in [5.74, 6) is 2.13. The van der Waals surface area contributed by atoms with Crippen LogP contribution in [0.1, 0.15) is 30.9 Å². The van der Waals surface area contributed by atoms with Crippen molar-refractivity contribution < 1.29 is 19.0 Å². The van der Waals surface area contributed by atoms with Crippen LogP contribution in [0.4, 0.5) is 0 Å². The fourth-order valence-corrected chi connectivity index (χ4v) is 3.74. The first-order chi connectivity index (χ1) is 13.8. The molecule has 28 heavy (non-hydrogen) atoms. The van der Waals surface area contributed by atoms with Crippen LogP contribution in [0, 0.1) is 0 Å². The number of hydrogen-bond donors (Lipinski definition) is 1. The molecular formula is C22H26N2O4. The van der Waals surface area contributed by atoms with E-state index in [1.54, 1.807) is 0 Å². The van der Waals surface area contributed by atoms with Gasteiger partial charge in [-0.05, 0) is 55.8 Å². The predicted molar refractivity (Wildman–Crippen MR) is 106 cm³/mol. The van der Waals surface area contributed by atoms with Crippen molar-refractivity contribution in [1.82, 2.24) is 10.2 Å². The van der Waals surface area contributed by atoms with Gasteiger partial charge in [-0.3, -0.25) is 9.69 Å². The lowest BCUT2D eigenvalue weighted by atomic mass is 10.0. The van der Waals surface area contributed by atoms with Crippen LogP contribution in [0.3, 0.4) is 0 Å². The zero-order chi connectivity index (χ0) is 19.2. The van der Waals surface area contributed by atoms with E-state index in [0.29, 0.717) is 12.3 Å². The molecule has 1 atom stereocenters. The number of fused-ring (bicyclic) bond motifs is 1. The van der Waals surface area contributed by atoms with Gasteiger partial charge in [0.25, 0.3) is 5.91 Å². The van der Waals surface area contributed by atoms with Crippen LogP contribution in [-0.2, 0) is 4.79 Å². The molecule has 6 heteroatoms. The van der Waals surface area contributed by atoms with Crippen LogP contribution in [0.25, 0.3) is 0 Å². The molecule has 1 saturated heterocycles. The van der Waals surface area contributed by atoms with Gasteiger partial charge in [0, 0.05) is 6.54 Å². The van der Waals surface area contributed by atoms with Gasteiger partial charge in [-0.2, -0.15) is 0 Å². The first-order valence-corrected chi connectivity index (χ1v) is 9.88. The van der Waals surface area contributed by atoms with Gasteiger partial charge in [-0.25, -0.2) is 0 Å². The zero-order valence-corrected chi connectivity index (χ0v) is 15.9. The van der Waals surface area contributed by atoms with Crippen LogP contribution >= 0.6 is 0 Å². The predicted octanol–water partition coefficient (Wildman–Crippen LogP) is 3.14. The average Bonchev–Trinajstić information content (AvgIpc) is 3.22. The van der Waals surface area contributed by atoms with Crippen LogP contribution in [0.15, 0.2) is 48.5 Å². The Labute approximate surface area is 165 Å². The van der Waals surface area contributed by atoms with Gasteiger partial charge < -0.3 is 19.5 Å². The summed E-state index contributed by atoms with van der Waals surface area (Å²) in [6, 6.07) is 15.5. The Kier molecular flexibility index (Phi) is 5.97. The summed E-state index contributed by atoms with van der Waals surface area (Å²) in [6.07, 6.45) is 3.64. The number of benzene rings is 2. The van der Waals surface area contributed by atoms with Gasteiger partial charge in [-0.15, -0.1) is 0 Å². The van der Waals surface area contributed by atoms with E-state index < -0.39 is 0 Å². The van der Waals surface area contributed by atoms with Crippen LogP contribution in [-0.4, -0.2) is 43.8 Å². The van der Waals surface area contributed by atoms with Gasteiger partial charge in [0.1, 0.15) is 5.75 Å².